The average Bonchev–Trinajstić information content (AvgIpc) is 2.41. The van der Waals surface area contributed by atoms with Crippen LogP contribution >= 0.6 is 35.0 Å². The van der Waals surface area contributed by atoms with Crippen molar-refractivity contribution in [1.29, 1.82) is 0 Å². The summed E-state index contributed by atoms with van der Waals surface area (Å²) in [5, 5.41) is 0. The molecule has 1 unspecified atom stereocenters. The number of hydrogen-bond donors (Lipinski definition) is 1. The Morgan fingerprint density at radius 3 is 2.55 bits per heavy atom. The predicted molar refractivity (Wildman–Crippen MR) is 93.4 cm³/mol. The van der Waals surface area contributed by atoms with Crippen LogP contribution in [0.15, 0.2) is 18.2 Å². The number of piperidine rings is 1. The molecule has 0 bridgehead atoms. The monoisotopic (exact) mass is 408 g/mol. The molecule has 3 nitrogen and oxygen atoms in total. The molecule has 1 aromatic rings. The fourth-order valence-electron chi connectivity index (χ4n) is 2.60. The van der Waals surface area contributed by atoms with Gasteiger partial charge in [-0.05, 0) is 67.3 Å². The quantitative estimate of drug-likeness (QED) is 0.764. The lowest BCUT2D eigenvalue weighted by molar-refractivity contribution is 0.0680. The molecular formula is C15H22ClIN2O. The third-order valence-corrected chi connectivity index (χ3v) is 4.86. The van der Waals surface area contributed by atoms with Gasteiger partial charge in [-0.25, -0.2) is 0 Å². The molecule has 2 N–H and O–H groups in total. The van der Waals surface area contributed by atoms with E-state index in [0.29, 0.717) is 5.92 Å². The van der Waals surface area contributed by atoms with E-state index >= 15 is 0 Å². The summed E-state index contributed by atoms with van der Waals surface area (Å²) in [5.74, 6) is 0.719. The van der Waals surface area contributed by atoms with Crippen molar-refractivity contribution >= 4 is 40.9 Å². The molecule has 1 fully saturated rings. The number of aryl methyl sites for hydroxylation is 1. The number of hydrogen-bond acceptors (Lipinski definition) is 2. The highest BCUT2D eigenvalue weighted by Crippen LogP contribution is 2.23. The Morgan fingerprint density at radius 1 is 1.40 bits per heavy atom. The van der Waals surface area contributed by atoms with E-state index in [9.17, 15) is 4.79 Å². The van der Waals surface area contributed by atoms with Gasteiger partial charge in [-0.1, -0.05) is 11.6 Å². The van der Waals surface area contributed by atoms with Crippen LogP contribution in [0.4, 0.5) is 0 Å². The van der Waals surface area contributed by atoms with E-state index in [1.54, 1.807) is 0 Å². The Kier molecular flexibility index (Phi) is 6.75. The lowest BCUT2D eigenvalue weighted by Crippen LogP contribution is -2.42. The van der Waals surface area contributed by atoms with Crippen molar-refractivity contribution in [2.24, 2.45) is 11.7 Å². The summed E-state index contributed by atoms with van der Waals surface area (Å²) < 4.78 is 1.03. The summed E-state index contributed by atoms with van der Waals surface area (Å²) in [6.45, 7) is 5.74. The van der Waals surface area contributed by atoms with Gasteiger partial charge in [0.2, 0.25) is 0 Å². The lowest BCUT2D eigenvalue weighted by Gasteiger charge is -2.34. The summed E-state index contributed by atoms with van der Waals surface area (Å²) in [7, 11) is 0. The van der Waals surface area contributed by atoms with Crippen LogP contribution in [0.2, 0.25) is 0 Å². The minimum Gasteiger partial charge on any atom is -0.339 e. The minimum atomic E-state index is 0. The number of benzene rings is 1. The van der Waals surface area contributed by atoms with Gasteiger partial charge in [0.05, 0.1) is 5.56 Å². The Labute approximate surface area is 140 Å². The molecule has 1 amide bonds. The average molecular weight is 409 g/mol. The molecular weight excluding hydrogens is 387 g/mol. The number of amides is 1. The maximum atomic E-state index is 12.5. The number of halogens is 2. The maximum Gasteiger partial charge on any atom is 0.254 e. The van der Waals surface area contributed by atoms with Crippen LogP contribution in [0.5, 0.6) is 0 Å². The fraction of sp³-hybridized carbons (Fsp3) is 0.533. The number of nitrogens with zero attached hydrogens (tertiary/aromatic N) is 1. The van der Waals surface area contributed by atoms with E-state index in [2.05, 4.69) is 29.5 Å². The van der Waals surface area contributed by atoms with Crippen LogP contribution in [-0.2, 0) is 0 Å². The first-order chi connectivity index (χ1) is 8.99. The van der Waals surface area contributed by atoms with Crippen LogP contribution in [-0.4, -0.2) is 29.9 Å². The number of likely N-dealkylation sites (tertiary alicyclic amines) is 1. The highest BCUT2D eigenvalue weighted by molar-refractivity contribution is 14.1. The molecule has 2 rings (SSSR count). The summed E-state index contributed by atoms with van der Waals surface area (Å²) >= 11 is 2.24. The normalized spacial score (nSPS) is 17.5. The van der Waals surface area contributed by atoms with Crippen LogP contribution < -0.4 is 5.73 Å². The van der Waals surface area contributed by atoms with E-state index in [0.717, 1.165) is 40.6 Å². The molecule has 0 radical (unpaired) electrons. The molecule has 1 heterocycles. The van der Waals surface area contributed by atoms with E-state index < -0.39 is 0 Å². The molecule has 1 saturated heterocycles. The molecule has 112 valence electrons. The van der Waals surface area contributed by atoms with Gasteiger partial charge in [0.15, 0.2) is 0 Å². The third-order valence-electron chi connectivity index (χ3n) is 3.92. The zero-order valence-corrected chi connectivity index (χ0v) is 14.9. The van der Waals surface area contributed by atoms with Crippen molar-refractivity contribution in [2.45, 2.75) is 32.7 Å². The number of carbonyl (C=O) groups excluding carboxylic acids is 1. The zero-order chi connectivity index (χ0) is 14.0. The van der Waals surface area contributed by atoms with E-state index in [4.69, 9.17) is 5.73 Å². The van der Waals surface area contributed by atoms with Crippen molar-refractivity contribution in [2.75, 3.05) is 13.1 Å². The smallest absolute Gasteiger partial charge is 0.254 e. The van der Waals surface area contributed by atoms with Gasteiger partial charge in [0, 0.05) is 22.7 Å². The van der Waals surface area contributed by atoms with Crippen LogP contribution in [0.1, 0.15) is 35.7 Å². The van der Waals surface area contributed by atoms with Crippen LogP contribution in [0.3, 0.4) is 0 Å². The number of nitrogens with two attached hydrogens (primary N) is 1. The van der Waals surface area contributed by atoms with Crippen molar-refractivity contribution in [1.82, 2.24) is 4.90 Å². The van der Waals surface area contributed by atoms with Gasteiger partial charge >= 0.3 is 0 Å². The van der Waals surface area contributed by atoms with Gasteiger partial charge in [-0.15, -0.1) is 12.4 Å². The van der Waals surface area contributed by atoms with Crippen LogP contribution in [0.25, 0.3) is 0 Å². The second-order valence-electron chi connectivity index (χ2n) is 5.47. The summed E-state index contributed by atoms with van der Waals surface area (Å²) in [4.78, 5) is 14.5. The predicted octanol–water partition coefficient (Wildman–Crippen LogP) is 3.22. The number of carbonyl (C=O) groups is 1. The Balaban J connectivity index is 0.00000200. The van der Waals surface area contributed by atoms with Crippen molar-refractivity contribution < 1.29 is 4.79 Å². The fourth-order valence-corrected chi connectivity index (χ4v) is 3.17. The summed E-state index contributed by atoms with van der Waals surface area (Å²) in [5.41, 5.74) is 7.91. The lowest BCUT2D eigenvalue weighted by atomic mass is 9.90. The second-order valence-corrected chi connectivity index (χ2v) is 6.63. The molecule has 0 aromatic heterocycles. The van der Waals surface area contributed by atoms with Gasteiger partial charge in [0.25, 0.3) is 5.91 Å². The molecule has 20 heavy (non-hydrogen) atoms. The molecule has 0 aliphatic carbocycles. The van der Waals surface area contributed by atoms with Gasteiger partial charge in [-0.2, -0.15) is 0 Å². The molecule has 0 saturated carbocycles. The SMILES string of the molecule is Cc1ccc(I)c(C(=O)N2CCC(C(C)N)CC2)c1.Cl. The Hall–Kier alpha value is -0.330. The van der Waals surface area contributed by atoms with E-state index in [1.807, 2.05) is 30.0 Å². The van der Waals surface area contributed by atoms with Crippen molar-refractivity contribution in [3.8, 4) is 0 Å². The molecule has 1 atom stereocenters. The highest BCUT2D eigenvalue weighted by Gasteiger charge is 2.26. The Morgan fingerprint density at radius 2 is 2.00 bits per heavy atom. The first-order valence-corrected chi connectivity index (χ1v) is 7.88. The van der Waals surface area contributed by atoms with Crippen LogP contribution in [0, 0.1) is 16.4 Å². The topological polar surface area (TPSA) is 46.3 Å². The van der Waals surface area contributed by atoms with E-state index in [1.165, 1.54) is 0 Å². The van der Waals surface area contributed by atoms with Gasteiger partial charge < -0.3 is 10.6 Å². The summed E-state index contributed by atoms with van der Waals surface area (Å²) in [6.07, 6.45) is 2.04. The number of rotatable bonds is 2. The first-order valence-electron chi connectivity index (χ1n) is 6.80. The first kappa shape index (κ1) is 17.7. The maximum absolute atomic E-state index is 12.5. The largest absolute Gasteiger partial charge is 0.339 e. The standard InChI is InChI=1S/C15H21IN2O.ClH/c1-10-3-4-14(16)13(9-10)15(19)18-7-5-12(6-8-18)11(2)17;/h3-4,9,11-12H,5-8,17H2,1-2H3;1H. The molecule has 0 spiro atoms. The molecule has 5 heteroatoms. The summed E-state index contributed by atoms with van der Waals surface area (Å²) in [6, 6.07) is 6.27. The van der Waals surface area contributed by atoms with Crippen molar-refractivity contribution in [3.05, 3.63) is 32.9 Å². The van der Waals surface area contributed by atoms with Crippen molar-refractivity contribution in [3.63, 3.8) is 0 Å². The third kappa shape index (κ3) is 4.09. The van der Waals surface area contributed by atoms with Gasteiger partial charge in [0.1, 0.15) is 0 Å². The minimum absolute atomic E-state index is 0. The molecule has 1 aliphatic rings. The van der Waals surface area contributed by atoms with E-state index in [-0.39, 0.29) is 24.4 Å². The second kappa shape index (κ2) is 7.61. The molecule has 1 aliphatic heterocycles. The zero-order valence-electron chi connectivity index (χ0n) is 11.9. The highest BCUT2D eigenvalue weighted by atomic mass is 127. The Bertz CT molecular complexity index is 471. The van der Waals surface area contributed by atoms with Gasteiger partial charge in [-0.3, -0.25) is 4.79 Å². The molecule has 1 aromatic carbocycles.